The minimum absolute atomic E-state index is 0.0645. The maximum absolute atomic E-state index is 12.1. The van der Waals surface area contributed by atoms with E-state index in [0.717, 1.165) is 16.6 Å². The molecule has 66 heavy (non-hydrogen) atoms. The van der Waals surface area contributed by atoms with Crippen LogP contribution in [0.1, 0.15) is 335 Å². The molecular formula is C61H117NO3S. The largest absolute Gasteiger partial charge is 0.744 e. The van der Waals surface area contributed by atoms with Crippen molar-refractivity contribution in [2.75, 3.05) is 19.6 Å². The fourth-order valence-corrected chi connectivity index (χ4v) is 11.3. The first kappa shape index (κ1) is 63.1. The molecule has 1 aromatic rings. The van der Waals surface area contributed by atoms with Crippen molar-refractivity contribution in [3.05, 3.63) is 29.8 Å². The summed E-state index contributed by atoms with van der Waals surface area (Å²) in [6.07, 6.45) is 66.6. The SMILES string of the molecule is CCCCCCCCCCCCCCCCCC[N+](CCCCCCCCCCCCCCCCCC)(CCCCCCCCCCCCCCCCCC)Cc1cccc(S(=O)(=O)[O-])c1. The number of hydrogen-bond donors (Lipinski definition) is 0. The van der Waals surface area contributed by atoms with E-state index in [-0.39, 0.29) is 4.90 Å². The molecule has 0 aliphatic rings. The molecule has 0 aromatic heterocycles. The molecule has 0 fully saturated rings. The second-order valence-electron chi connectivity index (χ2n) is 21.7. The molecule has 0 atom stereocenters. The maximum Gasteiger partial charge on any atom is 0.124 e. The van der Waals surface area contributed by atoms with Crippen molar-refractivity contribution in [3.8, 4) is 0 Å². The topological polar surface area (TPSA) is 57.2 Å². The molecule has 5 heteroatoms. The van der Waals surface area contributed by atoms with Crippen LogP contribution < -0.4 is 0 Å². The lowest BCUT2D eigenvalue weighted by molar-refractivity contribution is -0.941. The van der Waals surface area contributed by atoms with Crippen molar-refractivity contribution < 1.29 is 17.5 Å². The van der Waals surface area contributed by atoms with Gasteiger partial charge in [0.15, 0.2) is 0 Å². The second kappa shape index (κ2) is 47.8. The molecule has 0 radical (unpaired) electrons. The van der Waals surface area contributed by atoms with Crippen LogP contribution in [0.15, 0.2) is 29.2 Å². The van der Waals surface area contributed by atoms with Gasteiger partial charge in [0.25, 0.3) is 0 Å². The van der Waals surface area contributed by atoms with Crippen LogP contribution in [0, 0.1) is 0 Å². The Morgan fingerprint density at radius 3 is 0.758 bits per heavy atom. The molecule has 0 heterocycles. The highest BCUT2D eigenvalue weighted by atomic mass is 32.2. The zero-order chi connectivity index (χ0) is 47.8. The van der Waals surface area contributed by atoms with Crippen molar-refractivity contribution in [2.45, 2.75) is 340 Å². The van der Waals surface area contributed by atoms with Gasteiger partial charge in [0, 0.05) is 5.56 Å². The van der Waals surface area contributed by atoms with Crippen molar-refractivity contribution in [1.82, 2.24) is 0 Å². The van der Waals surface area contributed by atoms with Gasteiger partial charge in [0.1, 0.15) is 16.7 Å². The number of quaternary nitrogens is 1. The molecule has 1 rings (SSSR count). The summed E-state index contributed by atoms with van der Waals surface area (Å²) >= 11 is 0. The number of nitrogens with zero attached hydrogens (tertiary/aromatic N) is 1. The summed E-state index contributed by atoms with van der Waals surface area (Å²) in [7, 11) is -4.47. The number of unbranched alkanes of at least 4 members (excludes halogenated alkanes) is 45. The molecule has 0 amide bonds. The van der Waals surface area contributed by atoms with Crippen LogP contribution in [0.2, 0.25) is 0 Å². The third-order valence-electron chi connectivity index (χ3n) is 15.2. The molecule has 1 aromatic carbocycles. The third kappa shape index (κ3) is 40.9. The molecular weight excluding hydrogens is 827 g/mol. The Morgan fingerprint density at radius 1 is 0.333 bits per heavy atom. The minimum atomic E-state index is -4.47. The first-order valence-electron chi connectivity index (χ1n) is 30.3. The van der Waals surface area contributed by atoms with Crippen molar-refractivity contribution in [3.63, 3.8) is 0 Å². The summed E-state index contributed by atoms with van der Waals surface area (Å²) in [5.74, 6) is 0. The Bertz CT molecular complexity index is 1140. The smallest absolute Gasteiger partial charge is 0.124 e. The maximum atomic E-state index is 12.1. The Hall–Kier alpha value is -0.910. The number of hydrogen-bond acceptors (Lipinski definition) is 3. The summed E-state index contributed by atoms with van der Waals surface area (Å²) in [6, 6.07) is 7.06. The van der Waals surface area contributed by atoms with E-state index in [1.165, 1.54) is 334 Å². The van der Waals surface area contributed by atoms with E-state index < -0.39 is 10.1 Å². The summed E-state index contributed by atoms with van der Waals surface area (Å²) in [6.45, 7) is 11.3. The predicted octanol–water partition coefficient (Wildman–Crippen LogP) is 20.7. The lowest BCUT2D eigenvalue weighted by Crippen LogP contribution is -2.49. The van der Waals surface area contributed by atoms with Crippen molar-refractivity contribution in [2.24, 2.45) is 0 Å². The fourth-order valence-electron chi connectivity index (χ4n) is 10.7. The zero-order valence-corrected chi connectivity index (χ0v) is 46.0. The van der Waals surface area contributed by atoms with Crippen LogP contribution in [0.3, 0.4) is 0 Å². The highest BCUT2D eigenvalue weighted by Gasteiger charge is 2.27. The molecule has 0 saturated carbocycles. The molecule has 0 spiro atoms. The Morgan fingerprint density at radius 2 is 0.545 bits per heavy atom. The molecule has 0 saturated heterocycles. The van der Waals surface area contributed by atoms with Gasteiger partial charge in [-0.1, -0.05) is 303 Å². The molecule has 0 bridgehead atoms. The minimum Gasteiger partial charge on any atom is -0.744 e. The van der Waals surface area contributed by atoms with Gasteiger partial charge in [-0.25, -0.2) is 8.42 Å². The van der Waals surface area contributed by atoms with Gasteiger partial charge in [0.2, 0.25) is 0 Å². The predicted molar refractivity (Wildman–Crippen MR) is 292 cm³/mol. The standard InChI is InChI=1S/C61H117NO3S/c1-4-7-10-13-16-19-22-25-28-31-34-37-40-43-46-49-55-62(59-60-53-52-54-61(58-60)66(63,64)65,56-50-47-44-41-38-35-32-29-26-23-20-17-14-11-8-5-2)57-51-48-45-42-39-36-33-30-27-24-21-18-15-12-9-6-3/h52-54,58H,4-51,55-57,59H2,1-3H3. The van der Waals surface area contributed by atoms with Crippen molar-refractivity contribution >= 4 is 10.1 Å². The highest BCUT2D eigenvalue weighted by molar-refractivity contribution is 7.85. The van der Waals surface area contributed by atoms with Crippen LogP contribution in [0.25, 0.3) is 0 Å². The van der Waals surface area contributed by atoms with Gasteiger partial charge >= 0.3 is 0 Å². The summed E-state index contributed by atoms with van der Waals surface area (Å²) in [4.78, 5) is -0.0645. The van der Waals surface area contributed by atoms with E-state index in [9.17, 15) is 13.0 Å². The van der Waals surface area contributed by atoms with E-state index in [1.807, 2.05) is 0 Å². The van der Waals surface area contributed by atoms with Gasteiger partial charge < -0.3 is 9.04 Å². The Kier molecular flexibility index (Phi) is 45.7. The van der Waals surface area contributed by atoms with Crippen LogP contribution in [0.5, 0.6) is 0 Å². The fraction of sp³-hybridized carbons (Fsp3) is 0.902. The average Bonchev–Trinajstić information content (AvgIpc) is 3.31. The van der Waals surface area contributed by atoms with Crippen LogP contribution in [-0.2, 0) is 16.7 Å². The zero-order valence-electron chi connectivity index (χ0n) is 45.2. The molecule has 0 aliphatic heterocycles. The van der Waals surface area contributed by atoms with Crippen LogP contribution >= 0.6 is 0 Å². The average molecular weight is 945 g/mol. The van der Waals surface area contributed by atoms with Crippen LogP contribution in [-0.4, -0.2) is 37.1 Å². The van der Waals surface area contributed by atoms with E-state index in [2.05, 4.69) is 26.8 Å². The highest BCUT2D eigenvalue weighted by Crippen LogP contribution is 2.25. The van der Waals surface area contributed by atoms with Crippen molar-refractivity contribution in [1.29, 1.82) is 0 Å². The van der Waals surface area contributed by atoms with Crippen LogP contribution in [0.4, 0.5) is 0 Å². The van der Waals surface area contributed by atoms with Gasteiger partial charge in [-0.15, -0.1) is 0 Å². The molecule has 4 nitrogen and oxygen atoms in total. The first-order valence-corrected chi connectivity index (χ1v) is 31.7. The second-order valence-corrected chi connectivity index (χ2v) is 23.1. The molecule has 0 N–H and O–H groups in total. The van der Waals surface area contributed by atoms with Gasteiger partial charge in [-0.05, 0) is 50.7 Å². The van der Waals surface area contributed by atoms with E-state index in [0.29, 0.717) is 0 Å². The Labute approximate surface area is 415 Å². The van der Waals surface area contributed by atoms with Gasteiger partial charge in [-0.2, -0.15) is 0 Å². The van der Waals surface area contributed by atoms with E-state index in [1.54, 1.807) is 12.1 Å². The van der Waals surface area contributed by atoms with E-state index >= 15 is 0 Å². The first-order chi connectivity index (χ1) is 32.4. The third-order valence-corrected chi connectivity index (χ3v) is 16.0. The summed E-state index contributed by atoms with van der Waals surface area (Å²) < 4.78 is 37.4. The summed E-state index contributed by atoms with van der Waals surface area (Å²) in [5, 5.41) is 0. The monoisotopic (exact) mass is 944 g/mol. The number of rotatable bonds is 54. The number of benzene rings is 1. The lowest BCUT2D eigenvalue weighted by Gasteiger charge is -2.40. The lowest BCUT2D eigenvalue weighted by atomic mass is 10.0. The molecule has 390 valence electrons. The van der Waals surface area contributed by atoms with E-state index in [4.69, 9.17) is 0 Å². The van der Waals surface area contributed by atoms with Gasteiger partial charge in [0.05, 0.1) is 24.5 Å². The summed E-state index contributed by atoms with van der Waals surface area (Å²) in [5.41, 5.74) is 1.02. The quantitative estimate of drug-likeness (QED) is 0.0371. The normalized spacial score (nSPS) is 12.2. The van der Waals surface area contributed by atoms with Gasteiger partial charge in [-0.3, -0.25) is 0 Å². The molecule has 0 aliphatic carbocycles. The Balaban J connectivity index is 2.65. The molecule has 0 unspecified atom stereocenters.